The molecule has 0 spiro atoms. The number of hydrogen-bond acceptors (Lipinski definition) is 1. The Kier molecular flexibility index (Phi) is 4.74. The Morgan fingerprint density at radius 1 is 1.17 bits per heavy atom. The molecular formula is C3H10LiOSi. The van der Waals surface area contributed by atoms with Crippen molar-refractivity contribution in [3.05, 3.63) is 0 Å². The van der Waals surface area contributed by atoms with Crippen molar-refractivity contribution in [2.24, 2.45) is 0 Å². The maximum Gasteiger partial charge on any atom is 0.179 e. The maximum absolute atomic E-state index is 8.66. The quantitative estimate of drug-likeness (QED) is 0.435. The van der Waals surface area contributed by atoms with Gasteiger partial charge in [-0.3, -0.25) is 0 Å². The zero-order valence-electron chi connectivity index (χ0n) is 4.95. The van der Waals surface area contributed by atoms with Crippen LogP contribution in [-0.2, 0) is 0 Å². The Hall–Kier alpha value is 0.774. The Labute approximate surface area is 52.1 Å². The molecule has 0 aromatic heterocycles. The number of hydrogen-bond donors (Lipinski definition) is 1. The summed E-state index contributed by atoms with van der Waals surface area (Å²) in [6.45, 7) is 5.65. The summed E-state index contributed by atoms with van der Waals surface area (Å²) in [6.07, 6.45) is 0. The summed E-state index contributed by atoms with van der Waals surface area (Å²) in [6, 6.07) is 0. The van der Waals surface area contributed by atoms with E-state index < -0.39 is 8.32 Å². The van der Waals surface area contributed by atoms with Gasteiger partial charge in [0.1, 0.15) is 0 Å². The van der Waals surface area contributed by atoms with Gasteiger partial charge in [-0.05, 0) is 19.6 Å². The first-order chi connectivity index (χ1) is 2.00. The Bertz CT molecular complexity index is 26.3. The fraction of sp³-hybridized carbons (Fsp3) is 1.00. The molecule has 0 rings (SSSR count). The molecule has 0 unspecified atom stereocenters. The molecule has 6 heavy (non-hydrogen) atoms. The van der Waals surface area contributed by atoms with Crippen LogP contribution in [0.15, 0.2) is 0 Å². The van der Waals surface area contributed by atoms with Gasteiger partial charge in [-0.25, -0.2) is 0 Å². The largest absolute Gasteiger partial charge is 0.433 e. The van der Waals surface area contributed by atoms with E-state index in [9.17, 15) is 0 Å². The van der Waals surface area contributed by atoms with E-state index >= 15 is 0 Å². The van der Waals surface area contributed by atoms with Crippen LogP contribution < -0.4 is 0 Å². The minimum atomic E-state index is -1.61. The second-order valence-corrected chi connectivity index (χ2v) is 6.51. The smallest absolute Gasteiger partial charge is 0.179 e. The van der Waals surface area contributed by atoms with Gasteiger partial charge >= 0.3 is 0 Å². The van der Waals surface area contributed by atoms with E-state index in [1.165, 1.54) is 0 Å². The SMILES string of the molecule is C[Si](C)(C)O.[Li]. The van der Waals surface area contributed by atoms with Crippen LogP contribution in [0.5, 0.6) is 0 Å². The molecule has 0 atom stereocenters. The summed E-state index contributed by atoms with van der Waals surface area (Å²) in [5.74, 6) is 0. The van der Waals surface area contributed by atoms with Crippen LogP contribution in [0.3, 0.4) is 0 Å². The Morgan fingerprint density at radius 2 is 1.17 bits per heavy atom. The molecule has 3 heteroatoms. The minimum Gasteiger partial charge on any atom is -0.433 e. The molecule has 0 fully saturated rings. The third kappa shape index (κ3) is 113. The van der Waals surface area contributed by atoms with Crippen LogP contribution in [-0.4, -0.2) is 32.0 Å². The number of rotatable bonds is 0. The van der Waals surface area contributed by atoms with E-state index in [4.69, 9.17) is 4.80 Å². The van der Waals surface area contributed by atoms with Gasteiger partial charge in [0, 0.05) is 18.9 Å². The summed E-state index contributed by atoms with van der Waals surface area (Å²) in [7, 11) is -1.61. The molecule has 0 aliphatic rings. The summed E-state index contributed by atoms with van der Waals surface area (Å²) in [5.41, 5.74) is 0. The van der Waals surface area contributed by atoms with E-state index in [2.05, 4.69) is 0 Å². The summed E-state index contributed by atoms with van der Waals surface area (Å²) in [4.78, 5) is 8.66. The van der Waals surface area contributed by atoms with Gasteiger partial charge in [-0.1, -0.05) is 0 Å². The fourth-order valence-electron chi connectivity index (χ4n) is 0. The molecule has 0 saturated carbocycles. The summed E-state index contributed by atoms with van der Waals surface area (Å²) in [5, 5.41) is 0. The molecule has 0 aliphatic carbocycles. The van der Waals surface area contributed by atoms with Crippen molar-refractivity contribution in [1.82, 2.24) is 0 Å². The molecule has 0 aliphatic heterocycles. The first kappa shape index (κ1) is 9.91. The molecule has 0 heterocycles. The van der Waals surface area contributed by atoms with Gasteiger partial charge < -0.3 is 4.80 Å². The van der Waals surface area contributed by atoms with Crippen molar-refractivity contribution in [3.63, 3.8) is 0 Å². The van der Waals surface area contributed by atoms with Gasteiger partial charge in [0.05, 0.1) is 0 Å². The van der Waals surface area contributed by atoms with Crippen molar-refractivity contribution >= 4 is 27.2 Å². The van der Waals surface area contributed by atoms with Gasteiger partial charge in [0.15, 0.2) is 8.32 Å². The Morgan fingerprint density at radius 3 is 1.17 bits per heavy atom. The molecule has 1 nitrogen and oxygen atoms in total. The molecule has 1 N–H and O–H groups in total. The van der Waals surface area contributed by atoms with E-state index in [1.54, 1.807) is 0 Å². The van der Waals surface area contributed by atoms with E-state index in [-0.39, 0.29) is 18.9 Å². The van der Waals surface area contributed by atoms with Crippen molar-refractivity contribution in [2.45, 2.75) is 19.6 Å². The molecule has 0 amide bonds. The van der Waals surface area contributed by atoms with Gasteiger partial charge in [0.2, 0.25) is 0 Å². The van der Waals surface area contributed by atoms with E-state index in [0.29, 0.717) is 0 Å². The molecule has 1 radical (unpaired) electrons. The van der Waals surface area contributed by atoms with Crippen LogP contribution in [0, 0.1) is 0 Å². The second kappa shape index (κ2) is 2.87. The third-order valence-corrected chi connectivity index (χ3v) is 0. The van der Waals surface area contributed by atoms with Gasteiger partial charge in [-0.2, -0.15) is 0 Å². The standard InChI is InChI=1S/C3H10OSi.Li/c1-5(2,3)4;/h4H,1-3H3;. The molecular weight excluding hydrogens is 87.1 g/mol. The zero-order chi connectivity index (χ0) is 4.50. The van der Waals surface area contributed by atoms with Crippen LogP contribution in [0.25, 0.3) is 0 Å². The van der Waals surface area contributed by atoms with Crippen LogP contribution in [0.1, 0.15) is 0 Å². The van der Waals surface area contributed by atoms with Gasteiger partial charge in [0.25, 0.3) is 0 Å². The zero-order valence-corrected chi connectivity index (χ0v) is 5.95. The average molecular weight is 97.1 g/mol. The molecule has 33 valence electrons. The molecule has 0 aromatic rings. The fourth-order valence-corrected chi connectivity index (χ4v) is 0. The molecule has 0 aromatic carbocycles. The van der Waals surface area contributed by atoms with Crippen molar-refractivity contribution in [1.29, 1.82) is 0 Å². The predicted molar refractivity (Wildman–Crippen MR) is 31.3 cm³/mol. The monoisotopic (exact) mass is 97.1 g/mol. The first-order valence-electron chi connectivity index (χ1n) is 1.72. The molecule has 0 saturated heterocycles. The topological polar surface area (TPSA) is 20.2 Å². The maximum atomic E-state index is 8.66. The summed E-state index contributed by atoms with van der Waals surface area (Å²) >= 11 is 0. The predicted octanol–water partition coefficient (Wildman–Crippen LogP) is 0.433. The normalized spacial score (nSPS) is 10.0. The van der Waals surface area contributed by atoms with E-state index in [0.717, 1.165) is 0 Å². The summed E-state index contributed by atoms with van der Waals surface area (Å²) < 4.78 is 0. The third-order valence-electron chi connectivity index (χ3n) is 0. The molecule has 0 bridgehead atoms. The Balaban J connectivity index is 0. The van der Waals surface area contributed by atoms with Crippen LogP contribution >= 0.6 is 0 Å². The van der Waals surface area contributed by atoms with Crippen molar-refractivity contribution < 1.29 is 4.80 Å². The van der Waals surface area contributed by atoms with Gasteiger partial charge in [-0.15, -0.1) is 0 Å². The van der Waals surface area contributed by atoms with E-state index in [1.807, 2.05) is 19.6 Å². The van der Waals surface area contributed by atoms with Crippen LogP contribution in [0.2, 0.25) is 19.6 Å². The van der Waals surface area contributed by atoms with Crippen LogP contribution in [0.4, 0.5) is 0 Å². The van der Waals surface area contributed by atoms with Crippen molar-refractivity contribution in [3.8, 4) is 0 Å². The van der Waals surface area contributed by atoms with Crippen molar-refractivity contribution in [2.75, 3.05) is 0 Å². The average Bonchev–Trinajstić information content (AvgIpc) is 0.722. The minimum absolute atomic E-state index is 0. The second-order valence-electron chi connectivity index (χ2n) is 2.17. The first-order valence-corrected chi connectivity index (χ1v) is 5.17.